The lowest BCUT2D eigenvalue weighted by atomic mass is 10.1. The molecule has 110 valence electrons. The molecule has 3 heteroatoms. The van der Waals surface area contributed by atoms with E-state index in [9.17, 15) is 4.79 Å². The van der Waals surface area contributed by atoms with Crippen molar-refractivity contribution in [3.05, 3.63) is 24.3 Å². The molecule has 1 amide bonds. The second-order valence-electron chi connectivity index (χ2n) is 5.54. The van der Waals surface area contributed by atoms with E-state index in [1.807, 2.05) is 17.0 Å². The number of carbonyl (C=O) groups is 1. The summed E-state index contributed by atoms with van der Waals surface area (Å²) >= 11 is 0. The highest BCUT2D eigenvalue weighted by molar-refractivity contribution is 5.95. The maximum absolute atomic E-state index is 11.7. The number of benzene rings is 1. The molecule has 1 N–H and O–H groups in total. The molecule has 1 fully saturated rings. The molecule has 3 nitrogen and oxygen atoms in total. The summed E-state index contributed by atoms with van der Waals surface area (Å²) < 4.78 is 0. The van der Waals surface area contributed by atoms with Crippen molar-refractivity contribution in [3.63, 3.8) is 0 Å². The van der Waals surface area contributed by atoms with Crippen molar-refractivity contribution in [2.75, 3.05) is 23.3 Å². The lowest BCUT2D eigenvalue weighted by molar-refractivity contribution is -0.117. The van der Waals surface area contributed by atoms with Gasteiger partial charge in [-0.1, -0.05) is 32.6 Å². The highest BCUT2D eigenvalue weighted by Crippen LogP contribution is 2.23. The lowest BCUT2D eigenvalue weighted by Gasteiger charge is -2.16. The van der Waals surface area contributed by atoms with E-state index in [1.165, 1.54) is 32.1 Å². The summed E-state index contributed by atoms with van der Waals surface area (Å²) in [6.45, 7) is 4.14. The summed E-state index contributed by atoms with van der Waals surface area (Å²) in [5.41, 5.74) is 2.18. The van der Waals surface area contributed by atoms with Crippen LogP contribution in [-0.4, -0.2) is 19.0 Å². The molecule has 0 radical (unpaired) electrons. The topological polar surface area (TPSA) is 32.3 Å². The van der Waals surface area contributed by atoms with Gasteiger partial charge in [0.25, 0.3) is 0 Å². The van der Waals surface area contributed by atoms with Crippen LogP contribution in [-0.2, 0) is 4.79 Å². The van der Waals surface area contributed by atoms with Crippen molar-refractivity contribution >= 4 is 17.3 Å². The molecule has 0 aliphatic carbocycles. The molecule has 20 heavy (non-hydrogen) atoms. The summed E-state index contributed by atoms with van der Waals surface area (Å²) in [7, 11) is 0. The molecule has 0 aromatic heterocycles. The van der Waals surface area contributed by atoms with Crippen LogP contribution in [0.4, 0.5) is 11.4 Å². The third-order valence-corrected chi connectivity index (χ3v) is 3.86. The van der Waals surface area contributed by atoms with Crippen LogP contribution >= 0.6 is 0 Å². The smallest absolute Gasteiger partial charge is 0.227 e. The van der Waals surface area contributed by atoms with Crippen LogP contribution in [0, 0.1) is 0 Å². The third-order valence-electron chi connectivity index (χ3n) is 3.86. The van der Waals surface area contributed by atoms with Crippen LogP contribution in [0.1, 0.15) is 51.9 Å². The summed E-state index contributed by atoms with van der Waals surface area (Å²) in [5.74, 6) is 0.252. The summed E-state index contributed by atoms with van der Waals surface area (Å²) in [5, 5.41) is 3.45. The molecule has 1 heterocycles. The Kier molecular flexibility index (Phi) is 5.90. The monoisotopic (exact) mass is 274 g/mol. The lowest BCUT2D eigenvalue weighted by Crippen LogP contribution is -2.23. The maximum Gasteiger partial charge on any atom is 0.227 e. The van der Waals surface area contributed by atoms with Crippen LogP contribution < -0.4 is 10.2 Å². The van der Waals surface area contributed by atoms with Gasteiger partial charge in [-0.2, -0.15) is 0 Å². The van der Waals surface area contributed by atoms with Gasteiger partial charge >= 0.3 is 0 Å². The average molecular weight is 274 g/mol. The van der Waals surface area contributed by atoms with Gasteiger partial charge in [-0.3, -0.25) is 4.79 Å². The minimum Gasteiger partial charge on any atom is -0.385 e. The number of unbranched alkanes of at least 4 members (excludes halogenated alkanes) is 4. The van der Waals surface area contributed by atoms with Crippen LogP contribution in [0.5, 0.6) is 0 Å². The van der Waals surface area contributed by atoms with E-state index in [2.05, 4.69) is 24.4 Å². The number of amides is 1. The highest BCUT2D eigenvalue weighted by Gasteiger charge is 2.21. The largest absolute Gasteiger partial charge is 0.385 e. The third kappa shape index (κ3) is 4.26. The second-order valence-corrected chi connectivity index (χ2v) is 5.54. The molecule has 1 aliphatic heterocycles. The van der Waals surface area contributed by atoms with Crippen molar-refractivity contribution in [2.24, 2.45) is 0 Å². The van der Waals surface area contributed by atoms with Gasteiger partial charge in [0.2, 0.25) is 5.91 Å². The normalized spacial score (nSPS) is 14.8. The first-order valence-corrected chi connectivity index (χ1v) is 7.95. The molecule has 1 aromatic carbocycles. The molecular formula is C17H26N2O. The molecule has 1 aliphatic rings. The zero-order valence-corrected chi connectivity index (χ0v) is 12.5. The van der Waals surface area contributed by atoms with E-state index in [-0.39, 0.29) is 5.91 Å². The molecule has 1 aromatic rings. The van der Waals surface area contributed by atoms with Crippen molar-refractivity contribution in [2.45, 2.75) is 51.9 Å². The first-order chi connectivity index (χ1) is 9.81. The quantitative estimate of drug-likeness (QED) is 0.721. The van der Waals surface area contributed by atoms with E-state index in [1.54, 1.807) is 0 Å². The summed E-state index contributed by atoms with van der Waals surface area (Å²) in [6.07, 6.45) is 8.19. The number of rotatable bonds is 8. The van der Waals surface area contributed by atoms with Gasteiger partial charge in [-0.25, -0.2) is 0 Å². The van der Waals surface area contributed by atoms with Gasteiger partial charge in [0.15, 0.2) is 0 Å². The number of anilines is 2. The van der Waals surface area contributed by atoms with Crippen molar-refractivity contribution in [3.8, 4) is 0 Å². The highest BCUT2D eigenvalue weighted by atomic mass is 16.2. The predicted octanol–water partition coefficient (Wildman–Crippen LogP) is 4.20. The second kappa shape index (κ2) is 7.93. The first kappa shape index (κ1) is 14.9. The number of nitrogens with zero attached hydrogens (tertiary/aromatic N) is 1. The molecule has 2 rings (SSSR count). The number of hydrogen-bond acceptors (Lipinski definition) is 2. The van der Waals surface area contributed by atoms with Gasteiger partial charge in [0.1, 0.15) is 0 Å². The molecule has 0 bridgehead atoms. The number of carbonyl (C=O) groups excluding carboxylic acids is 1. The minimum absolute atomic E-state index is 0.252. The molecule has 0 atom stereocenters. The van der Waals surface area contributed by atoms with Gasteiger partial charge in [0, 0.05) is 30.9 Å². The zero-order chi connectivity index (χ0) is 14.2. The van der Waals surface area contributed by atoms with Gasteiger partial charge in [0.05, 0.1) is 0 Å². The number of nitrogens with one attached hydrogen (secondary N) is 1. The Morgan fingerprint density at radius 1 is 1.10 bits per heavy atom. The van der Waals surface area contributed by atoms with Gasteiger partial charge < -0.3 is 10.2 Å². The SMILES string of the molecule is CCCCCCCNc1ccc(N2CCCC2=O)cc1. The summed E-state index contributed by atoms with van der Waals surface area (Å²) in [6, 6.07) is 8.24. The fraction of sp³-hybridized carbons (Fsp3) is 0.588. The molecule has 0 unspecified atom stereocenters. The predicted molar refractivity (Wildman–Crippen MR) is 85.3 cm³/mol. The Morgan fingerprint density at radius 2 is 1.85 bits per heavy atom. The molecular weight excluding hydrogens is 248 g/mol. The van der Waals surface area contributed by atoms with E-state index in [0.29, 0.717) is 6.42 Å². The van der Waals surface area contributed by atoms with Gasteiger partial charge in [-0.15, -0.1) is 0 Å². The van der Waals surface area contributed by atoms with Crippen LogP contribution in [0.15, 0.2) is 24.3 Å². The van der Waals surface area contributed by atoms with E-state index >= 15 is 0 Å². The minimum atomic E-state index is 0.252. The fourth-order valence-corrected chi connectivity index (χ4v) is 2.64. The van der Waals surface area contributed by atoms with E-state index < -0.39 is 0 Å². The van der Waals surface area contributed by atoms with Crippen LogP contribution in [0.3, 0.4) is 0 Å². The first-order valence-electron chi connectivity index (χ1n) is 7.95. The number of hydrogen-bond donors (Lipinski definition) is 1. The Hall–Kier alpha value is -1.51. The average Bonchev–Trinajstić information content (AvgIpc) is 2.90. The van der Waals surface area contributed by atoms with Crippen molar-refractivity contribution in [1.29, 1.82) is 0 Å². The zero-order valence-electron chi connectivity index (χ0n) is 12.5. The van der Waals surface area contributed by atoms with Crippen LogP contribution in [0.25, 0.3) is 0 Å². The summed E-state index contributed by atoms with van der Waals surface area (Å²) in [4.78, 5) is 13.6. The maximum atomic E-state index is 11.7. The van der Waals surface area contributed by atoms with Crippen LogP contribution in [0.2, 0.25) is 0 Å². The fourth-order valence-electron chi connectivity index (χ4n) is 2.64. The molecule has 0 saturated carbocycles. The Bertz CT molecular complexity index is 414. The Balaban J connectivity index is 1.73. The molecule has 1 saturated heterocycles. The van der Waals surface area contributed by atoms with Crippen molar-refractivity contribution in [1.82, 2.24) is 0 Å². The molecule has 0 spiro atoms. The van der Waals surface area contributed by atoms with E-state index in [4.69, 9.17) is 0 Å². The van der Waals surface area contributed by atoms with E-state index in [0.717, 1.165) is 30.9 Å². The van der Waals surface area contributed by atoms with Crippen molar-refractivity contribution < 1.29 is 4.79 Å². The van der Waals surface area contributed by atoms with Gasteiger partial charge in [-0.05, 0) is 37.1 Å². The Labute approximate surface area is 122 Å². The standard InChI is InChI=1S/C17H26N2O/c1-2-3-4-5-6-13-18-15-9-11-16(12-10-15)19-14-7-8-17(19)20/h9-12,18H,2-8,13-14H2,1H3. The Morgan fingerprint density at radius 3 is 2.50 bits per heavy atom.